The molecule has 0 saturated carbocycles. The lowest BCUT2D eigenvalue weighted by Gasteiger charge is -2.20. The second kappa shape index (κ2) is 8.15. The van der Waals surface area contributed by atoms with Gasteiger partial charge in [-0.15, -0.1) is 10.2 Å². The van der Waals surface area contributed by atoms with E-state index in [1.807, 2.05) is 0 Å². The molecule has 0 radical (unpaired) electrons. The van der Waals surface area contributed by atoms with Crippen LogP contribution in [0.5, 0.6) is 0 Å². The lowest BCUT2D eigenvalue weighted by Crippen LogP contribution is -2.46. The van der Waals surface area contributed by atoms with Gasteiger partial charge in [-0.25, -0.2) is 31.7 Å². The predicted octanol–water partition coefficient (Wildman–Crippen LogP) is -2.26. The lowest BCUT2D eigenvalue weighted by atomic mass is 10.0. The third-order valence-electron chi connectivity index (χ3n) is 4.93. The molecule has 1 saturated heterocycles. The first-order valence-corrected chi connectivity index (χ1v) is 12.2. The molecule has 0 aliphatic carbocycles. The number of sulfonamides is 2. The van der Waals surface area contributed by atoms with Gasteiger partial charge in [0.15, 0.2) is 0 Å². The van der Waals surface area contributed by atoms with Gasteiger partial charge in [0, 0.05) is 30.9 Å². The van der Waals surface area contributed by atoms with E-state index in [2.05, 4.69) is 35.6 Å². The number of aromatic nitrogens is 5. The minimum absolute atomic E-state index is 0.149. The standard InChI is InChI=1S/C16H20N10O4S2/c17-10-6-20-7-11(10)24-32(29,30)12-3-2-9(8-1-4-13(18)21-5-8)14(15(12)31(19,27)28)16-22-25-26-23-16/h1-5,10-11,20,24H,6-7,17H2,(H2,18,21)(H2,19,27,28)(H,22,23,25,26)/t10-,11?/m0/s1. The number of hydrogen-bond donors (Lipinski definition) is 6. The quantitative estimate of drug-likeness (QED) is 0.220. The molecule has 0 spiro atoms. The van der Waals surface area contributed by atoms with Crippen LogP contribution < -0.4 is 26.6 Å². The first-order valence-electron chi connectivity index (χ1n) is 9.22. The van der Waals surface area contributed by atoms with Crippen molar-refractivity contribution < 1.29 is 16.8 Å². The molecule has 1 aliphatic heterocycles. The second-order valence-corrected chi connectivity index (χ2v) is 10.3. The van der Waals surface area contributed by atoms with E-state index in [1.165, 1.54) is 18.3 Å². The van der Waals surface area contributed by atoms with Crippen molar-refractivity contribution in [1.29, 1.82) is 0 Å². The number of H-pyrrole nitrogens is 1. The van der Waals surface area contributed by atoms with E-state index >= 15 is 0 Å². The number of tetrazole rings is 1. The van der Waals surface area contributed by atoms with Gasteiger partial charge in [-0.3, -0.25) is 0 Å². The summed E-state index contributed by atoms with van der Waals surface area (Å²) in [5, 5.41) is 21.8. The molecule has 14 nitrogen and oxygen atoms in total. The number of pyridine rings is 1. The lowest BCUT2D eigenvalue weighted by molar-refractivity contribution is 0.536. The molecule has 170 valence electrons. The molecule has 0 bridgehead atoms. The average molecular weight is 481 g/mol. The summed E-state index contributed by atoms with van der Waals surface area (Å²) >= 11 is 0. The Kier molecular flexibility index (Phi) is 5.65. The molecule has 1 aliphatic rings. The summed E-state index contributed by atoms with van der Waals surface area (Å²) in [7, 11) is -8.95. The van der Waals surface area contributed by atoms with Gasteiger partial charge in [0.05, 0.1) is 11.6 Å². The van der Waals surface area contributed by atoms with Gasteiger partial charge < -0.3 is 16.8 Å². The van der Waals surface area contributed by atoms with Crippen LogP contribution in [0.25, 0.3) is 22.5 Å². The molecule has 2 atom stereocenters. The van der Waals surface area contributed by atoms with Crippen molar-refractivity contribution in [2.45, 2.75) is 21.9 Å². The first-order chi connectivity index (χ1) is 15.1. The van der Waals surface area contributed by atoms with E-state index in [4.69, 9.17) is 16.6 Å². The summed E-state index contributed by atoms with van der Waals surface area (Å²) in [6.45, 7) is 0.699. The number of aromatic amines is 1. The van der Waals surface area contributed by atoms with Crippen LogP contribution in [0.1, 0.15) is 0 Å². The number of benzene rings is 1. The Morgan fingerprint density at radius 2 is 1.88 bits per heavy atom. The maximum absolute atomic E-state index is 13.2. The van der Waals surface area contributed by atoms with Crippen LogP contribution in [0, 0.1) is 0 Å². The Bertz CT molecular complexity index is 1340. The number of nitrogen functional groups attached to an aromatic ring is 1. The second-order valence-electron chi connectivity index (χ2n) is 7.12. The SMILES string of the molecule is Nc1ccc(-c2ccc(S(=O)(=O)NC3CNC[C@@H]3N)c(S(N)(=O)=O)c2-c2nn[nH]n2)cn1. The molecule has 1 aromatic carbocycles. The fourth-order valence-corrected chi connectivity index (χ4v) is 6.33. The van der Waals surface area contributed by atoms with E-state index in [-0.39, 0.29) is 29.3 Å². The largest absolute Gasteiger partial charge is 0.384 e. The Balaban J connectivity index is 1.98. The van der Waals surface area contributed by atoms with E-state index in [0.717, 1.165) is 6.07 Å². The van der Waals surface area contributed by atoms with Crippen LogP contribution in [0.2, 0.25) is 0 Å². The molecule has 0 amide bonds. The highest BCUT2D eigenvalue weighted by Gasteiger charge is 2.35. The van der Waals surface area contributed by atoms with Gasteiger partial charge in [0.1, 0.15) is 15.6 Å². The molecule has 2 aromatic heterocycles. The van der Waals surface area contributed by atoms with Crippen molar-refractivity contribution in [2.75, 3.05) is 18.8 Å². The van der Waals surface area contributed by atoms with E-state index < -0.39 is 41.9 Å². The molecule has 32 heavy (non-hydrogen) atoms. The molecule has 3 aromatic rings. The topological polar surface area (TPSA) is 238 Å². The van der Waals surface area contributed by atoms with Crippen LogP contribution in [0.15, 0.2) is 40.3 Å². The van der Waals surface area contributed by atoms with Crippen LogP contribution in [-0.2, 0) is 20.0 Å². The summed E-state index contributed by atoms with van der Waals surface area (Å²) in [6.07, 6.45) is 1.40. The fourth-order valence-electron chi connectivity index (χ4n) is 3.44. The number of nitrogens with one attached hydrogen (secondary N) is 3. The maximum Gasteiger partial charge on any atom is 0.242 e. The van der Waals surface area contributed by atoms with E-state index in [0.29, 0.717) is 12.1 Å². The average Bonchev–Trinajstić information content (AvgIpc) is 3.39. The Morgan fingerprint density at radius 1 is 1.09 bits per heavy atom. The van der Waals surface area contributed by atoms with Gasteiger partial charge >= 0.3 is 0 Å². The normalized spacial score (nSPS) is 19.3. The number of primary sulfonamides is 1. The fraction of sp³-hybridized carbons (Fsp3) is 0.250. The number of nitrogens with zero attached hydrogens (tertiary/aromatic N) is 4. The van der Waals surface area contributed by atoms with Crippen LogP contribution >= 0.6 is 0 Å². The third-order valence-corrected chi connectivity index (χ3v) is 7.58. The summed E-state index contributed by atoms with van der Waals surface area (Å²) in [5.74, 6) is 0.0728. The number of anilines is 1. The molecular weight excluding hydrogens is 460 g/mol. The summed E-state index contributed by atoms with van der Waals surface area (Å²) in [5.41, 5.74) is 12.1. The Morgan fingerprint density at radius 3 is 2.44 bits per heavy atom. The minimum atomic E-state index is -4.59. The van der Waals surface area contributed by atoms with Crippen molar-refractivity contribution in [1.82, 2.24) is 35.6 Å². The Labute approximate surface area is 183 Å². The van der Waals surface area contributed by atoms with E-state index in [9.17, 15) is 16.8 Å². The van der Waals surface area contributed by atoms with Crippen molar-refractivity contribution in [3.8, 4) is 22.5 Å². The zero-order valence-electron chi connectivity index (χ0n) is 16.4. The van der Waals surface area contributed by atoms with Crippen molar-refractivity contribution in [3.05, 3.63) is 30.5 Å². The molecule has 1 fully saturated rings. The van der Waals surface area contributed by atoms with Crippen molar-refractivity contribution in [3.63, 3.8) is 0 Å². The van der Waals surface area contributed by atoms with Crippen LogP contribution in [0.4, 0.5) is 5.82 Å². The van der Waals surface area contributed by atoms with Crippen molar-refractivity contribution in [2.24, 2.45) is 10.9 Å². The Hall–Kier alpha value is -3.02. The molecular formula is C16H20N10O4S2. The smallest absolute Gasteiger partial charge is 0.242 e. The maximum atomic E-state index is 13.2. The first kappa shape index (κ1) is 22.2. The minimum Gasteiger partial charge on any atom is -0.384 e. The molecule has 1 unspecified atom stereocenters. The van der Waals surface area contributed by atoms with Crippen LogP contribution in [0.3, 0.4) is 0 Å². The number of nitrogens with two attached hydrogens (primary N) is 3. The third kappa shape index (κ3) is 4.18. The van der Waals surface area contributed by atoms with Gasteiger partial charge in [-0.1, -0.05) is 6.07 Å². The highest BCUT2D eigenvalue weighted by molar-refractivity contribution is 7.92. The van der Waals surface area contributed by atoms with Crippen molar-refractivity contribution >= 4 is 25.9 Å². The molecule has 9 N–H and O–H groups in total. The monoisotopic (exact) mass is 480 g/mol. The molecule has 4 rings (SSSR count). The summed E-state index contributed by atoms with van der Waals surface area (Å²) < 4.78 is 54.2. The molecule has 3 heterocycles. The number of rotatable bonds is 6. The predicted molar refractivity (Wildman–Crippen MR) is 114 cm³/mol. The highest BCUT2D eigenvalue weighted by Crippen LogP contribution is 2.38. The summed E-state index contributed by atoms with van der Waals surface area (Å²) in [4.78, 5) is 2.75. The van der Waals surface area contributed by atoms with Gasteiger partial charge in [0.25, 0.3) is 0 Å². The van der Waals surface area contributed by atoms with Gasteiger partial charge in [-0.05, 0) is 29.0 Å². The number of hydrogen-bond acceptors (Lipinski definition) is 11. The zero-order valence-corrected chi connectivity index (χ0v) is 18.1. The van der Waals surface area contributed by atoms with E-state index in [1.54, 1.807) is 6.07 Å². The van der Waals surface area contributed by atoms with Crippen LogP contribution in [-0.4, -0.2) is 67.6 Å². The summed E-state index contributed by atoms with van der Waals surface area (Å²) in [6, 6.07) is 4.53. The van der Waals surface area contributed by atoms with Gasteiger partial charge in [0.2, 0.25) is 25.9 Å². The molecule has 16 heteroatoms. The zero-order chi connectivity index (χ0) is 23.1. The van der Waals surface area contributed by atoms with Gasteiger partial charge in [-0.2, -0.15) is 5.21 Å². The highest BCUT2D eigenvalue weighted by atomic mass is 32.2.